The van der Waals surface area contributed by atoms with Crippen LogP contribution in [-0.2, 0) is 0 Å². The molecule has 1 fully saturated rings. The Hall–Kier alpha value is -2.70. The number of hydrogen-bond donors (Lipinski definition) is 2. The van der Waals surface area contributed by atoms with Gasteiger partial charge < -0.3 is 10.6 Å². The lowest BCUT2D eigenvalue weighted by Crippen LogP contribution is -2.33. The number of rotatable bonds is 5. The van der Waals surface area contributed by atoms with Crippen LogP contribution in [0, 0.1) is 6.92 Å². The van der Waals surface area contributed by atoms with Gasteiger partial charge in [0.1, 0.15) is 5.69 Å². The lowest BCUT2D eigenvalue weighted by molar-refractivity contribution is 0.0936. The van der Waals surface area contributed by atoms with E-state index < -0.39 is 0 Å². The lowest BCUT2D eigenvalue weighted by Gasteiger charge is -2.23. The molecule has 2 atom stereocenters. The topological polar surface area (TPSA) is 71.8 Å². The molecule has 1 aliphatic heterocycles. The first-order valence-electron chi connectivity index (χ1n) is 9.75. The minimum Gasteiger partial charge on any atom is -0.338 e. The van der Waals surface area contributed by atoms with Crippen LogP contribution < -0.4 is 10.6 Å². The van der Waals surface area contributed by atoms with E-state index in [2.05, 4.69) is 26.8 Å². The fraction of sp³-hybridized carbons (Fsp3) is 0.318. The van der Waals surface area contributed by atoms with E-state index in [1.54, 1.807) is 12.3 Å². The van der Waals surface area contributed by atoms with Crippen LogP contribution in [-0.4, -0.2) is 33.8 Å². The molecule has 6 nitrogen and oxygen atoms in total. The average Bonchev–Trinajstić information content (AvgIpc) is 3.24. The highest BCUT2D eigenvalue weighted by Crippen LogP contribution is 2.22. The van der Waals surface area contributed by atoms with Crippen molar-refractivity contribution in [3.63, 3.8) is 0 Å². The Morgan fingerprint density at radius 1 is 1.24 bits per heavy atom. The van der Waals surface area contributed by atoms with Gasteiger partial charge in [-0.1, -0.05) is 35.9 Å². The molecule has 1 aromatic carbocycles. The van der Waals surface area contributed by atoms with Crippen molar-refractivity contribution in [1.29, 1.82) is 0 Å². The average molecular weight is 412 g/mol. The molecule has 1 aliphatic rings. The molecule has 2 aromatic heterocycles. The van der Waals surface area contributed by atoms with Gasteiger partial charge in [0.05, 0.1) is 17.8 Å². The number of hydrogen-bond acceptors (Lipinski definition) is 4. The van der Waals surface area contributed by atoms with Gasteiger partial charge in [0, 0.05) is 18.9 Å². The number of benzene rings is 1. The first-order chi connectivity index (χ1) is 13.7. The van der Waals surface area contributed by atoms with E-state index in [1.165, 1.54) is 0 Å². The molecule has 3 heterocycles. The van der Waals surface area contributed by atoms with Gasteiger partial charge in [0.2, 0.25) is 0 Å². The van der Waals surface area contributed by atoms with E-state index >= 15 is 0 Å². The van der Waals surface area contributed by atoms with Crippen LogP contribution in [0.5, 0.6) is 0 Å². The number of nitrogens with one attached hydrogen (secondary N) is 2. The lowest BCUT2D eigenvalue weighted by atomic mass is 10.0. The van der Waals surface area contributed by atoms with Crippen molar-refractivity contribution in [1.82, 2.24) is 25.4 Å². The summed E-state index contributed by atoms with van der Waals surface area (Å²) in [6.07, 6.45) is 5.85. The molecular weight excluding hydrogens is 386 g/mol. The highest BCUT2D eigenvalue weighted by Gasteiger charge is 2.22. The second-order valence-corrected chi connectivity index (χ2v) is 7.26. The van der Waals surface area contributed by atoms with Crippen LogP contribution in [0.3, 0.4) is 0 Å². The second kappa shape index (κ2) is 9.67. The maximum absolute atomic E-state index is 13.0. The fourth-order valence-electron chi connectivity index (χ4n) is 3.65. The van der Waals surface area contributed by atoms with Crippen LogP contribution in [0.25, 0.3) is 0 Å². The van der Waals surface area contributed by atoms with Crippen LogP contribution in [0.1, 0.15) is 52.2 Å². The third-order valence-electron chi connectivity index (χ3n) is 5.12. The van der Waals surface area contributed by atoms with Gasteiger partial charge >= 0.3 is 0 Å². The third-order valence-corrected chi connectivity index (χ3v) is 5.12. The smallest absolute Gasteiger partial charge is 0.272 e. The molecule has 0 bridgehead atoms. The number of piperidine rings is 1. The summed E-state index contributed by atoms with van der Waals surface area (Å²) in [4.78, 5) is 17.4. The zero-order valence-corrected chi connectivity index (χ0v) is 17.2. The van der Waals surface area contributed by atoms with Gasteiger partial charge in [-0.05, 0) is 50.1 Å². The predicted octanol–water partition coefficient (Wildman–Crippen LogP) is 3.45. The summed E-state index contributed by atoms with van der Waals surface area (Å²) >= 11 is 0. The van der Waals surface area contributed by atoms with Crippen LogP contribution >= 0.6 is 12.4 Å². The van der Waals surface area contributed by atoms with E-state index in [9.17, 15) is 4.79 Å². The molecule has 1 saturated heterocycles. The summed E-state index contributed by atoms with van der Waals surface area (Å²) in [5.41, 5.74) is 3.38. The molecule has 0 saturated carbocycles. The molecule has 29 heavy (non-hydrogen) atoms. The van der Waals surface area contributed by atoms with Crippen LogP contribution in [0.4, 0.5) is 0 Å². The fourth-order valence-corrected chi connectivity index (χ4v) is 3.65. The highest BCUT2D eigenvalue weighted by atomic mass is 35.5. The quantitative estimate of drug-likeness (QED) is 0.674. The standard InChI is InChI=1S/C22H25N5O.ClH/c1-16-6-4-7-17(14-16)21(19-9-2-3-12-24-19)25-22(28)20-10-13-27(26-20)18-8-5-11-23-15-18;/h2-4,6-7,9-10,12-14,18,21,23H,5,8,11,15H2,1H3,(H,25,28);1H. The minimum atomic E-state index is -0.324. The molecule has 2 N–H and O–H groups in total. The van der Waals surface area contributed by atoms with E-state index in [1.807, 2.05) is 54.2 Å². The van der Waals surface area contributed by atoms with Gasteiger partial charge in [-0.3, -0.25) is 14.5 Å². The Balaban J connectivity index is 0.00000240. The Kier molecular flexibility index (Phi) is 7.01. The Bertz CT molecular complexity index is 937. The van der Waals surface area contributed by atoms with Crippen LogP contribution in [0.2, 0.25) is 0 Å². The van der Waals surface area contributed by atoms with Gasteiger partial charge in [0.25, 0.3) is 5.91 Å². The predicted molar refractivity (Wildman–Crippen MR) is 115 cm³/mol. The van der Waals surface area contributed by atoms with Crippen LogP contribution in [0.15, 0.2) is 60.9 Å². The third kappa shape index (κ3) is 5.02. The van der Waals surface area contributed by atoms with E-state index in [-0.39, 0.29) is 24.4 Å². The summed E-state index contributed by atoms with van der Waals surface area (Å²) in [5, 5.41) is 11.0. The van der Waals surface area contributed by atoms with Crippen molar-refractivity contribution in [2.24, 2.45) is 0 Å². The molecule has 4 rings (SSSR count). The molecule has 3 aromatic rings. The molecule has 1 amide bonds. The largest absolute Gasteiger partial charge is 0.338 e. The van der Waals surface area contributed by atoms with Crippen molar-refractivity contribution in [2.45, 2.75) is 31.8 Å². The van der Waals surface area contributed by atoms with Gasteiger partial charge in [0.15, 0.2) is 0 Å². The normalized spacial score (nSPS) is 17.2. The SMILES string of the molecule is Cc1cccc(C(NC(=O)c2ccn(C3CCCNC3)n2)c2ccccn2)c1.Cl. The zero-order valence-electron chi connectivity index (χ0n) is 16.4. The van der Waals surface area contributed by atoms with Crippen molar-refractivity contribution in [2.75, 3.05) is 13.1 Å². The first kappa shape index (κ1) is 21.0. The minimum absolute atomic E-state index is 0. The number of carbonyl (C=O) groups excluding carboxylic acids is 1. The van der Waals surface area contributed by atoms with Gasteiger partial charge in [-0.2, -0.15) is 5.10 Å². The number of carbonyl (C=O) groups is 1. The number of aryl methyl sites for hydroxylation is 1. The molecule has 2 unspecified atom stereocenters. The van der Waals surface area contributed by atoms with Crippen molar-refractivity contribution in [3.05, 3.63) is 83.4 Å². The van der Waals surface area contributed by atoms with E-state index in [4.69, 9.17) is 0 Å². The monoisotopic (exact) mass is 411 g/mol. The summed E-state index contributed by atoms with van der Waals surface area (Å²) in [7, 11) is 0. The summed E-state index contributed by atoms with van der Waals surface area (Å²) in [5.74, 6) is -0.195. The molecular formula is C22H26ClN5O. The highest BCUT2D eigenvalue weighted by molar-refractivity contribution is 5.92. The van der Waals surface area contributed by atoms with Crippen molar-refractivity contribution < 1.29 is 4.79 Å². The van der Waals surface area contributed by atoms with Gasteiger partial charge in [-0.25, -0.2) is 0 Å². The Morgan fingerprint density at radius 2 is 2.14 bits per heavy atom. The number of nitrogens with zero attached hydrogens (tertiary/aromatic N) is 3. The van der Waals surface area contributed by atoms with Gasteiger partial charge in [-0.15, -0.1) is 12.4 Å². The number of aromatic nitrogens is 3. The molecule has 7 heteroatoms. The number of pyridine rings is 1. The summed E-state index contributed by atoms with van der Waals surface area (Å²) in [6.45, 7) is 3.98. The maximum Gasteiger partial charge on any atom is 0.272 e. The maximum atomic E-state index is 13.0. The second-order valence-electron chi connectivity index (χ2n) is 7.26. The zero-order chi connectivity index (χ0) is 19.3. The van der Waals surface area contributed by atoms with Crippen molar-refractivity contribution >= 4 is 18.3 Å². The molecule has 0 aliphatic carbocycles. The Labute approximate surface area is 177 Å². The van der Waals surface area contributed by atoms with E-state index in [0.717, 1.165) is 42.8 Å². The molecule has 0 radical (unpaired) electrons. The Morgan fingerprint density at radius 3 is 2.86 bits per heavy atom. The summed E-state index contributed by atoms with van der Waals surface area (Å²) in [6, 6.07) is 15.6. The van der Waals surface area contributed by atoms with Crippen molar-refractivity contribution in [3.8, 4) is 0 Å². The summed E-state index contributed by atoms with van der Waals surface area (Å²) < 4.78 is 1.91. The number of halogens is 1. The molecule has 152 valence electrons. The number of amides is 1. The molecule has 0 spiro atoms. The van der Waals surface area contributed by atoms with E-state index in [0.29, 0.717) is 11.7 Å². The first-order valence-corrected chi connectivity index (χ1v) is 9.75.